The van der Waals surface area contributed by atoms with E-state index in [1.807, 2.05) is 49.5 Å². The fourth-order valence-electron chi connectivity index (χ4n) is 4.01. The van der Waals surface area contributed by atoms with Gasteiger partial charge < -0.3 is 24.5 Å². The van der Waals surface area contributed by atoms with Gasteiger partial charge in [-0.3, -0.25) is 4.79 Å². The summed E-state index contributed by atoms with van der Waals surface area (Å²) < 4.78 is 16.3. The molecule has 0 bridgehead atoms. The Morgan fingerprint density at radius 2 is 1.76 bits per heavy atom. The molecule has 170 valence electrons. The number of aromatic nitrogens is 1. The average Bonchev–Trinajstić information content (AvgIpc) is 3.29. The first-order valence-corrected chi connectivity index (χ1v) is 10.9. The van der Waals surface area contributed by atoms with E-state index in [0.717, 1.165) is 27.8 Å². The quantitative estimate of drug-likeness (QED) is 0.375. The van der Waals surface area contributed by atoms with Crippen molar-refractivity contribution in [2.45, 2.75) is 12.8 Å². The van der Waals surface area contributed by atoms with Crippen LogP contribution < -0.4 is 19.5 Å². The van der Waals surface area contributed by atoms with Crippen LogP contribution in [-0.4, -0.2) is 38.3 Å². The molecule has 0 radical (unpaired) electrons. The van der Waals surface area contributed by atoms with Gasteiger partial charge in [0.15, 0.2) is 11.5 Å². The summed E-state index contributed by atoms with van der Waals surface area (Å²) in [7, 11) is 3.22. The molecule has 6 heteroatoms. The summed E-state index contributed by atoms with van der Waals surface area (Å²) in [5.74, 6) is 1.73. The van der Waals surface area contributed by atoms with E-state index in [4.69, 9.17) is 14.2 Å². The van der Waals surface area contributed by atoms with E-state index in [0.29, 0.717) is 30.2 Å². The molecule has 0 aliphatic heterocycles. The van der Waals surface area contributed by atoms with Gasteiger partial charge in [-0.1, -0.05) is 30.3 Å². The van der Waals surface area contributed by atoms with Gasteiger partial charge in [0, 0.05) is 35.1 Å². The average molecular weight is 445 g/mol. The number of amides is 1. The van der Waals surface area contributed by atoms with Crippen molar-refractivity contribution in [1.29, 1.82) is 0 Å². The number of methoxy groups -OCH3 is 2. The number of rotatable bonds is 9. The summed E-state index contributed by atoms with van der Waals surface area (Å²) in [6.07, 6.45) is 2.02. The van der Waals surface area contributed by atoms with Crippen molar-refractivity contribution < 1.29 is 19.0 Å². The Hall–Kier alpha value is -3.93. The number of H-pyrrole nitrogens is 1. The minimum atomic E-state index is -0.172. The van der Waals surface area contributed by atoms with Crippen LogP contribution in [0, 0.1) is 0 Å². The molecule has 0 aliphatic carbocycles. The van der Waals surface area contributed by atoms with Crippen LogP contribution in [0.2, 0.25) is 0 Å². The Labute approximate surface area is 193 Å². The molecule has 1 unspecified atom stereocenters. The van der Waals surface area contributed by atoms with Crippen LogP contribution in [0.3, 0.4) is 0 Å². The van der Waals surface area contributed by atoms with Gasteiger partial charge in [-0.2, -0.15) is 0 Å². The number of para-hydroxylation sites is 1. The van der Waals surface area contributed by atoms with Crippen molar-refractivity contribution in [3.63, 3.8) is 0 Å². The van der Waals surface area contributed by atoms with Gasteiger partial charge in [0.25, 0.3) is 5.91 Å². The van der Waals surface area contributed by atoms with E-state index in [-0.39, 0.29) is 11.8 Å². The maximum atomic E-state index is 13.0. The molecule has 33 heavy (non-hydrogen) atoms. The largest absolute Gasteiger partial charge is 0.497 e. The van der Waals surface area contributed by atoms with Gasteiger partial charge >= 0.3 is 0 Å². The van der Waals surface area contributed by atoms with Crippen LogP contribution in [0.4, 0.5) is 0 Å². The molecule has 2 N–H and O–H groups in total. The molecule has 3 aromatic carbocycles. The van der Waals surface area contributed by atoms with Crippen LogP contribution in [0.5, 0.6) is 17.2 Å². The summed E-state index contributed by atoms with van der Waals surface area (Å²) >= 11 is 0. The third-order valence-electron chi connectivity index (χ3n) is 5.71. The van der Waals surface area contributed by atoms with Gasteiger partial charge in [-0.15, -0.1) is 0 Å². The fraction of sp³-hybridized carbons (Fsp3) is 0.222. The molecule has 4 rings (SSSR count). The first kappa shape index (κ1) is 22.3. The van der Waals surface area contributed by atoms with E-state index in [1.54, 1.807) is 32.4 Å². The van der Waals surface area contributed by atoms with Crippen molar-refractivity contribution in [2.24, 2.45) is 0 Å². The normalized spacial score (nSPS) is 11.7. The number of carbonyl (C=O) groups is 1. The molecule has 6 nitrogen and oxygen atoms in total. The van der Waals surface area contributed by atoms with Crippen molar-refractivity contribution in [3.8, 4) is 17.2 Å². The molecule has 1 atom stereocenters. The highest BCUT2D eigenvalue weighted by molar-refractivity contribution is 5.95. The Morgan fingerprint density at radius 1 is 0.970 bits per heavy atom. The number of benzene rings is 3. The third-order valence-corrected chi connectivity index (χ3v) is 5.71. The van der Waals surface area contributed by atoms with Crippen molar-refractivity contribution in [2.75, 3.05) is 27.4 Å². The van der Waals surface area contributed by atoms with Gasteiger partial charge in [0.2, 0.25) is 0 Å². The zero-order valence-corrected chi connectivity index (χ0v) is 19.1. The lowest BCUT2D eigenvalue weighted by molar-refractivity contribution is 0.0952. The molecule has 4 aromatic rings. The Balaban J connectivity index is 1.61. The van der Waals surface area contributed by atoms with Crippen LogP contribution in [0.25, 0.3) is 10.9 Å². The van der Waals surface area contributed by atoms with Gasteiger partial charge in [-0.05, 0) is 54.4 Å². The lowest BCUT2D eigenvalue weighted by Gasteiger charge is -2.19. The number of ether oxygens (including phenoxy) is 3. The van der Waals surface area contributed by atoms with Gasteiger partial charge in [-0.25, -0.2) is 0 Å². The predicted octanol–water partition coefficient (Wildman–Crippen LogP) is 5.15. The first-order chi connectivity index (χ1) is 16.1. The van der Waals surface area contributed by atoms with E-state index in [1.165, 1.54) is 0 Å². The Bertz CT molecular complexity index is 1230. The molecule has 1 aromatic heterocycles. The predicted molar refractivity (Wildman–Crippen MR) is 130 cm³/mol. The van der Waals surface area contributed by atoms with Gasteiger partial charge in [0.05, 0.1) is 20.8 Å². The van der Waals surface area contributed by atoms with E-state index in [2.05, 4.69) is 22.4 Å². The van der Waals surface area contributed by atoms with Crippen LogP contribution in [-0.2, 0) is 0 Å². The number of aromatic amines is 1. The SMILES string of the molecule is CCOc1ccc(C(=O)NCC(c2ccc(OC)cc2)c2c[nH]c3ccccc23)cc1OC. The monoisotopic (exact) mass is 444 g/mol. The maximum absolute atomic E-state index is 13.0. The second-order valence-corrected chi connectivity index (χ2v) is 7.62. The van der Waals surface area contributed by atoms with Crippen molar-refractivity contribution in [3.05, 3.63) is 89.6 Å². The smallest absolute Gasteiger partial charge is 0.251 e. The third kappa shape index (κ3) is 4.80. The summed E-state index contributed by atoms with van der Waals surface area (Å²) in [6.45, 7) is 2.86. The second-order valence-electron chi connectivity index (χ2n) is 7.62. The van der Waals surface area contributed by atoms with Gasteiger partial charge in [0.1, 0.15) is 5.75 Å². The highest BCUT2D eigenvalue weighted by Gasteiger charge is 2.20. The Kier molecular flexibility index (Phi) is 6.83. The van der Waals surface area contributed by atoms with Crippen LogP contribution in [0.1, 0.15) is 34.3 Å². The summed E-state index contributed by atoms with van der Waals surface area (Å²) in [5, 5.41) is 4.24. The molecular formula is C27H28N2O4. The molecular weight excluding hydrogens is 416 g/mol. The molecule has 0 saturated heterocycles. The minimum absolute atomic E-state index is 0.0411. The summed E-state index contributed by atoms with van der Waals surface area (Å²) in [4.78, 5) is 16.4. The molecule has 1 amide bonds. The fourth-order valence-corrected chi connectivity index (χ4v) is 4.01. The van der Waals surface area contributed by atoms with Crippen LogP contribution >= 0.6 is 0 Å². The zero-order chi connectivity index (χ0) is 23.2. The van der Waals surface area contributed by atoms with E-state index >= 15 is 0 Å². The number of fused-ring (bicyclic) bond motifs is 1. The maximum Gasteiger partial charge on any atom is 0.251 e. The highest BCUT2D eigenvalue weighted by atomic mass is 16.5. The lowest BCUT2D eigenvalue weighted by atomic mass is 9.90. The molecule has 0 saturated carbocycles. The molecule has 0 spiro atoms. The summed E-state index contributed by atoms with van der Waals surface area (Å²) in [5.41, 5.74) is 3.79. The van der Waals surface area contributed by atoms with Crippen LogP contribution in [0.15, 0.2) is 72.9 Å². The highest BCUT2D eigenvalue weighted by Crippen LogP contribution is 2.32. The summed E-state index contributed by atoms with van der Waals surface area (Å²) in [6, 6.07) is 21.3. The second kappa shape index (κ2) is 10.1. The molecule has 1 heterocycles. The number of hydrogen-bond donors (Lipinski definition) is 2. The molecule has 0 aliphatic rings. The zero-order valence-electron chi connectivity index (χ0n) is 19.1. The van der Waals surface area contributed by atoms with E-state index < -0.39 is 0 Å². The number of nitrogens with one attached hydrogen (secondary N) is 2. The van der Waals surface area contributed by atoms with Crippen molar-refractivity contribution >= 4 is 16.8 Å². The standard InChI is InChI=1S/C27H28N2O4/c1-4-33-25-14-11-19(15-26(25)32-3)27(30)29-16-22(18-9-12-20(31-2)13-10-18)23-17-28-24-8-6-5-7-21(23)24/h5-15,17,22,28H,4,16H2,1-3H3,(H,29,30). The van der Waals surface area contributed by atoms with Crippen molar-refractivity contribution in [1.82, 2.24) is 10.3 Å². The number of carbonyl (C=O) groups excluding carboxylic acids is 1. The van der Waals surface area contributed by atoms with E-state index in [9.17, 15) is 4.79 Å². The lowest BCUT2D eigenvalue weighted by Crippen LogP contribution is -2.29. The molecule has 0 fully saturated rings. The Morgan fingerprint density at radius 3 is 2.48 bits per heavy atom. The topological polar surface area (TPSA) is 72.6 Å². The number of hydrogen-bond acceptors (Lipinski definition) is 4. The minimum Gasteiger partial charge on any atom is -0.497 e. The first-order valence-electron chi connectivity index (χ1n) is 10.9.